The van der Waals surface area contributed by atoms with E-state index >= 15 is 0 Å². The van der Waals surface area contributed by atoms with Crippen LogP contribution in [0.25, 0.3) is 0 Å². The minimum atomic E-state index is -5.15. The van der Waals surface area contributed by atoms with E-state index in [0.717, 1.165) is 16.0 Å². The Morgan fingerprint density at radius 3 is 2.12 bits per heavy atom. The first-order valence-electron chi connectivity index (χ1n) is 13.2. The highest BCUT2D eigenvalue weighted by molar-refractivity contribution is 6.07. The van der Waals surface area contributed by atoms with E-state index in [2.05, 4.69) is 5.32 Å². The van der Waals surface area contributed by atoms with Gasteiger partial charge in [-0.05, 0) is 58.7 Å². The van der Waals surface area contributed by atoms with Crippen molar-refractivity contribution in [3.05, 3.63) is 101 Å². The number of ketones is 1. The molecule has 1 aliphatic heterocycles. The molecular weight excluding hydrogens is 517 g/mol. The molecule has 40 heavy (non-hydrogen) atoms. The first kappa shape index (κ1) is 27.5. The van der Waals surface area contributed by atoms with E-state index in [1.165, 1.54) is 6.07 Å². The van der Waals surface area contributed by atoms with Crippen LogP contribution in [0.2, 0.25) is 0 Å². The Hall–Kier alpha value is -4.07. The predicted molar refractivity (Wildman–Crippen MR) is 148 cm³/mol. The number of para-hydroxylation sites is 2. The summed E-state index contributed by atoms with van der Waals surface area (Å²) in [5.41, 5.74) is 3.27. The first-order valence-corrected chi connectivity index (χ1v) is 13.2. The molecule has 208 valence electrons. The summed E-state index contributed by atoms with van der Waals surface area (Å²) in [6.45, 7) is 6.12. The van der Waals surface area contributed by atoms with Crippen LogP contribution in [0.1, 0.15) is 62.3 Å². The van der Waals surface area contributed by atoms with Gasteiger partial charge in [-0.3, -0.25) is 14.5 Å². The summed E-state index contributed by atoms with van der Waals surface area (Å²) < 4.78 is 47.6. The third-order valence-corrected chi connectivity index (χ3v) is 7.63. The molecule has 5 nitrogen and oxygen atoms in total. The van der Waals surface area contributed by atoms with Crippen molar-refractivity contribution in [1.82, 2.24) is 0 Å². The number of nitrogens with zero attached hydrogens (tertiary/aromatic N) is 1. The molecular formula is C32H31F3N2O3. The zero-order chi connectivity index (χ0) is 28.8. The van der Waals surface area contributed by atoms with Crippen LogP contribution in [0.15, 0.2) is 84.1 Å². The Balaban J connectivity index is 1.70. The second kappa shape index (κ2) is 10.2. The molecule has 3 aromatic rings. The molecule has 1 amide bonds. The lowest BCUT2D eigenvalue weighted by molar-refractivity contribution is -0.170. The number of anilines is 2. The normalized spacial score (nSPS) is 19.4. The number of hydrogen-bond acceptors (Lipinski definition) is 4. The molecule has 3 aromatic carbocycles. The number of halogens is 3. The Morgan fingerprint density at radius 1 is 0.900 bits per heavy atom. The highest BCUT2D eigenvalue weighted by Gasteiger charge is 2.50. The molecule has 1 N–H and O–H groups in total. The number of methoxy groups -OCH3 is 1. The average molecular weight is 549 g/mol. The average Bonchev–Trinajstić information content (AvgIpc) is 3.06. The third-order valence-electron chi connectivity index (χ3n) is 7.63. The fraction of sp³-hybridized carbons (Fsp3) is 0.312. The number of alkyl halides is 3. The van der Waals surface area contributed by atoms with Gasteiger partial charge in [0.1, 0.15) is 5.75 Å². The van der Waals surface area contributed by atoms with Gasteiger partial charge < -0.3 is 10.1 Å². The Bertz CT molecular complexity index is 1470. The molecule has 1 aliphatic carbocycles. The standard InChI is InChI=1S/C32H31F3N2O3/c1-31(2,3)22-13-9-20(10-14-22)29-28-25(17-21(18-27(28)38)19-11-15-23(40-4)16-12-19)36-24-7-5-6-8-26(24)37(29)30(39)32(33,34)35/h5-16,21,29,36H,17-18H2,1-4H3. The smallest absolute Gasteiger partial charge is 0.471 e. The first-order chi connectivity index (χ1) is 18.9. The summed E-state index contributed by atoms with van der Waals surface area (Å²) in [7, 11) is 1.57. The lowest BCUT2D eigenvalue weighted by Gasteiger charge is -2.35. The van der Waals surface area contributed by atoms with E-state index in [1.807, 2.05) is 57.2 Å². The van der Waals surface area contributed by atoms with Gasteiger partial charge in [-0.25, -0.2) is 0 Å². The number of allylic oxidation sites excluding steroid dienone is 1. The number of amides is 1. The fourth-order valence-corrected chi connectivity index (χ4v) is 5.54. The summed E-state index contributed by atoms with van der Waals surface area (Å²) >= 11 is 0. The van der Waals surface area contributed by atoms with E-state index in [9.17, 15) is 22.8 Å². The molecule has 2 aliphatic rings. The molecule has 2 atom stereocenters. The van der Waals surface area contributed by atoms with Gasteiger partial charge in [0.2, 0.25) is 0 Å². The maximum Gasteiger partial charge on any atom is 0.471 e. The SMILES string of the molecule is COc1ccc(C2CC(=O)C3=C(C2)Nc2ccccc2N(C(=O)C(F)(F)F)C3c2ccc(C(C)(C)C)cc2)cc1. The van der Waals surface area contributed by atoms with E-state index in [1.54, 1.807) is 37.4 Å². The summed E-state index contributed by atoms with van der Waals surface area (Å²) in [4.78, 5) is 27.8. The van der Waals surface area contributed by atoms with Crippen molar-refractivity contribution in [2.24, 2.45) is 0 Å². The quantitative estimate of drug-likeness (QED) is 0.369. The van der Waals surface area contributed by atoms with Crippen molar-refractivity contribution in [1.29, 1.82) is 0 Å². The fourth-order valence-electron chi connectivity index (χ4n) is 5.54. The number of carbonyl (C=O) groups excluding carboxylic acids is 2. The largest absolute Gasteiger partial charge is 0.497 e. The van der Waals surface area contributed by atoms with Crippen LogP contribution in [0, 0.1) is 0 Å². The Labute approximate surface area is 231 Å². The van der Waals surface area contributed by atoms with Crippen LogP contribution in [-0.4, -0.2) is 25.0 Å². The molecule has 0 spiro atoms. The van der Waals surface area contributed by atoms with Crippen molar-refractivity contribution in [2.75, 3.05) is 17.3 Å². The topological polar surface area (TPSA) is 58.6 Å². The predicted octanol–water partition coefficient (Wildman–Crippen LogP) is 7.46. The van der Waals surface area contributed by atoms with E-state index in [-0.39, 0.29) is 34.8 Å². The minimum Gasteiger partial charge on any atom is -0.497 e. The molecule has 0 radical (unpaired) electrons. The van der Waals surface area contributed by atoms with Crippen molar-refractivity contribution in [3.8, 4) is 5.75 Å². The van der Waals surface area contributed by atoms with Crippen LogP contribution >= 0.6 is 0 Å². The summed E-state index contributed by atoms with van der Waals surface area (Å²) in [5, 5.41) is 3.26. The van der Waals surface area contributed by atoms with Gasteiger partial charge in [-0.2, -0.15) is 13.2 Å². The molecule has 0 bridgehead atoms. The van der Waals surface area contributed by atoms with Crippen molar-refractivity contribution in [3.63, 3.8) is 0 Å². The maximum atomic E-state index is 14.1. The van der Waals surface area contributed by atoms with Crippen LogP contribution < -0.4 is 15.0 Å². The highest BCUT2D eigenvalue weighted by atomic mass is 19.4. The molecule has 5 rings (SSSR count). The highest BCUT2D eigenvalue weighted by Crippen LogP contribution is 2.48. The summed E-state index contributed by atoms with van der Waals surface area (Å²) in [6, 6.07) is 19.7. The molecule has 0 fully saturated rings. The molecule has 0 aromatic heterocycles. The lowest BCUT2D eigenvalue weighted by atomic mass is 9.77. The summed E-state index contributed by atoms with van der Waals surface area (Å²) in [5.74, 6) is -1.82. The number of Topliss-reactive ketones (excluding diaryl/α,β-unsaturated/α-hetero) is 1. The Morgan fingerprint density at radius 2 is 1.52 bits per heavy atom. The molecule has 2 unspecified atom stereocenters. The number of fused-ring (bicyclic) bond motifs is 1. The van der Waals surface area contributed by atoms with Crippen molar-refractivity contribution >= 4 is 23.1 Å². The van der Waals surface area contributed by atoms with Gasteiger partial charge >= 0.3 is 12.1 Å². The second-order valence-electron chi connectivity index (χ2n) is 11.3. The van der Waals surface area contributed by atoms with Gasteiger partial charge in [0.05, 0.1) is 24.5 Å². The van der Waals surface area contributed by atoms with Gasteiger partial charge in [0, 0.05) is 17.7 Å². The number of benzene rings is 3. The second-order valence-corrected chi connectivity index (χ2v) is 11.3. The molecule has 0 saturated carbocycles. The minimum absolute atomic E-state index is 0.0675. The van der Waals surface area contributed by atoms with Gasteiger partial charge in [0.25, 0.3) is 0 Å². The number of rotatable bonds is 3. The zero-order valence-corrected chi connectivity index (χ0v) is 22.8. The number of hydrogen-bond donors (Lipinski definition) is 1. The number of nitrogens with one attached hydrogen (secondary N) is 1. The van der Waals surface area contributed by atoms with Crippen LogP contribution in [-0.2, 0) is 15.0 Å². The van der Waals surface area contributed by atoms with E-state index in [4.69, 9.17) is 4.74 Å². The maximum absolute atomic E-state index is 14.1. The van der Waals surface area contributed by atoms with Crippen LogP contribution in [0.3, 0.4) is 0 Å². The van der Waals surface area contributed by atoms with Crippen LogP contribution in [0.5, 0.6) is 5.75 Å². The monoisotopic (exact) mass is 548 g/mol. The third kappa shape index (κ3) is 5.10. The summed E-state index contributed by atoms with van der Waals surface area (Å²) in [6.07, 6.45) is -4.65. The van der Waals surface area contributed by atoms with E-state index in [0.29, 0.717) is 29.1 Å². The van der Waals surface area contributed by atoms with Gasteiger partial charge in [-0.1, -0.05) is 69.3 Å². The zero-order valence-electron chi connectivity index (χ0n) is 22.8. The molecule has 0 saturated heterocycles. The van der Waals surface area contributed by atoms with Gasteiger partial charge in [0.15, 0.2) is 5.78 Å². The number of carbonyl (C=O) groups is 2. The van der Waals surface area contributed by atoms with Crippen molar-refractivity contribution < 1.29 is 27.5 Å². The number of ether oxygens (including phenoxy) is 1. The molecule has 1 heterocycles. The molecule has 8 heteroatoms. The van der Waals surface area contributed by atoms with E-state index < -0.39 is 18.1 Å². The lowest BCUT2D eigenvalue weighted by Crippen LogP contribution is -2.45. The van der Waals surface area contributed by atoms with Crippen LogP contribution in [0.4, 0.5) is 24.5 Å². The van der Waals surface area contributed by atoms with Gasteiger partial charge in [-0.15, -0.1) is 0 Å². The Kier molecular flexibility index (Phi) is 6.98. The van der Waals surface area contributed by atoms with Crippen molar-refractivity contribution in [2.45, 2.75) is 57.2 Å².